The molecule has 23 heavy (non-hydrogen) atoms. The van der Waals surface area contributed by atoms with Crippen molar-refractivity contribution in [1.82, 2.24) is 15.1 Å². The summed E-state index contributed by atoms with van der Waals surface area (Å²) in [5.74, 6) is 0.132. The third-order valence-electron chi connectivity index (χ3n) is 5.34. The van der Waals surface area contributed by atoms with Crippen LogP contribution in [0.25, 0.3) is 0 Å². The molecule has 2 aliphatic rings. The number of nitrogens with zero attached hydrogens (tertiary/aromatic N) is 2. The van der Waals surface area contributed by atoms with E-state index in [-0.39, 0.29) is 30.1 Å². The summed E-state index contributed by atoms with van der Waals surface area (Å²) >= 11 is 0. The molecule has 2 fully saturated rings. The number of amides is 1. The van der Waals surface area contributed by atoms with Gasteiger partial charge in [0.05, 0.1) is 17.8 Å². The van der Waals surface area contributed by atoms with Crippen LogP contribution in [0.2, 0.25) is 0 Å². The Morgan fingerprint density at radius 3 is 2.57 bits per heavy atom. The average Bonchev–Trinajstić information content (AvgIpc) is 3.04. The minimum absolute atomic E-state index is 0.0101. The van der Waals surface area contributed by atoms with Crippen molar-refractivity contribution in [3.05, 3.63) is 17.0 Å². The maximum atomic E-state index is 12.5. The fraction of sp³-hybridized carbons (Fsp3) is 0.765. The van der Waals surface area contributed by atoms with E-state index in [0.29, 0.717) is 6.61 Å². The maximum Gasteiger partial charge on any atom is 0.223 e. The Labute approximate surface area is 137 Å². The molecule has 2 heterocycles. The number of hydrogen-bond donors (Lipinski definition) is 2. The lowest BCUT2D eigenvalue weighted by Crippen LogP contribution is -2.42. The number of hydrogen-bond acceptors (Lipinski definition) is 4. The number of ether oxygens (including phenoxy) is 1. The highest BCUT2D eigenvalue weighted by Crippen LogP contribution is 2.34. The number of aliphatic hydroxyl groups excluding tert-OH is 1. The quantitative estimate of drug-likeness (QED) is 0.885. The fourth-order valence-electron chi connectivity index (χ4n) is 3.86. The molecule has 6 heteroatoms. The van der Waals surface area contributed by atoms with Gasteiger partial charge in [-0.15, -0.1) is 0 Å². The molecule has 2 N–H and O–H groups in total. The topological polar surface area (TPSA) is 76.4 Å². The summed E-state index contributed by atoms with van der Waals surface area (Å²) in [6.07, 6.45) is 3.49. The maximum absolute atomic E-state index is 12.5. The number of nitrogens with one attached hydrogen (secondary N) is 1. The monoisotopic (exact) mass is 321 g/mol. The summed E-state index contributed by atoms with van der Waals surface area (Å²) in [5, 5.41) is 17.2. The third kappa shape index (κ3) is 3.28. The van der Waals surface area contributed by atoms with Crippen molar-refractivity contribution in [2.75, 3.05) is 6.61 Å². The highest BCUT2D eigenvalue weighted by Gasteiger charge is 2.36. The first-order chi connectivity index (χ1) is 11.0. The van der Waals surface area contributed by atoms with E-state index in [2.05, 4.69) is 10.4 Å². The van der Waals surface area contributed by atoms with E-state index in [4.69, 9.17) is 4.74 Å². The van der Waals surface area contributed by atoms with Crippen LogP contribution in [-0.2, 0) is 16.6 Å². The van der Waals surface area contributed by atoms with Crippen LogP contribution in [0.3, 0.4) is 0 Å². The molecule has 1 amide bonds. The molecule has 0 unspecified atom stereocenters. The van der Waals surface area contributed by atoms with Crippen LogP contribution in [0.5, 0.6) is 0 Å². The van der Waals surface area contributed by atoms with Crippen molar-refractivity contribution in [3.8, 4) is 0 Å². The zero-order valence-corrected chi connectivity index (χ0v) is 14.2. The summed E-state index contributed by atoms with van der Waals surface area (Å²) in [6.45, 7) is 4.69. The standard InChI is InChI=1S/C17H27N3O3/c1-10-15(11(2)20(3)19-10)16-14(8-9-23-16)18-17(22)12-4-6-13(21)7-5-12/h12-14,16,21H,4-9H2,1-3H3,(H,18,22)/t12?,13?,14-,16-/m0/s1. The molecular formula is C17H27N3O3. The number of aryl methyl sites for hydroxylation is 2. The van der Waals surface area contributed by atoms with Gasteiger partial charge in [0.2, 0.25) is 5.91 Å². The van der Waals surface area contributed by atoms with Crippen molar-refractivity contribution in [2.45, 2.75) is 64.2 Å². The van der Waals surface area contributed by atoms with Crippen LogP contribution in [0.1, 0.15) is 55.2 Å². The molecule has 0 aromatic carbocycles. The smallest absolute Gasteiger partial charge is 0.223 e. The van der Waals surface area contributed by atoms with E-state index in [9.17, 15) is 9.90 Å². The minimum Gasteiger partial charge on any atom is -0.393 e. The van der Waals surface area contributed by atoms with Gasteiger partial charge in [0.15, 0.2) is 0 Å². The van der Waals surface area contributed by atoms with E-state index in [1.165, 1.54) is 0 Å². The molecular weight excluding hydrogens is 294 g/mol. The molecule has 1 aliphatic carbocycles. The molecule has 3 rings (SSSR count). The minimum atomic E-state index is -0.234. The molecule has 0 spiro atoms. The average molecular weight is 321 g/mol. The van der Waals surface area contributed by atoms with Gasteiger partial charge in [-0.25, -0.2) is 0 Å². The lowest BCUT2D eigenvalue weighted by Gasteiger charge is -2.27. The normalized spacial score (nSPS) is 31.3. The Morgan fingerprint density at radius 1 is 1.26 bits per heavy atom. The Kier molecular flexibility index (Phi) is 4.73. The number of carbonyl (C=O) groups is 1. The Hall–Kier alpha value is -1.40. The Balaban J connectivity index is 1.68. The number of aliphatic hydroxyl groups is 1. The van der Waals surface area contributed by atoms with Gasteiger partial charge in [0.1, 0.15) is 6.10 Å². The van der Waals surface area contributed by atoms with Gasteiger partial charge in [0, 0.05) is 30.8 Å². The van der Waals surface area contributed by atoms with Crippen LogP contribution >= 0.6 is 0 Å². The van der Waals surface area contributed by atoms with E-state index >= 15 is 0 Å². The number of rotatable bonds is 3. The highest BCUT2D eigenvalue weighted by atomic mass is 16.5. The first-order valence-corrected chi connectivity index (χ1v) is 8.57. The van der Waals surface area contributed by atoms with Gasteiger partial charge in [0.25, 0.3) is 0 Å². The first kappa shape index (κ1) is 16.5. The first-order valence-electron chi connectivity index (χ1n) is 8.57. The van der Waals surface area contributed by atoms with Crippen LogP contribution in [0, 0.1) is 19.8 Å². The summed E-state index contributed by atoms with van der Waals surface area (Å²) in [7, 11) is 1.93. The molecule has 2 atom stereocenters. The van der Waals surface area contributed by atoms with Crippen LogP contribution in [-0.4, -0.2) is 39.5 Å². The summed E-state index contributed by atoms with van der Waals surface area (Å²) in [4.78, 5) is 12.5. The second kappa shape index (κ2) is 6.61. The molecule has 128 valence electrons. The SMILES string of the molecule is Cc1nn(C)c(C)c1[C@H]1OCC[C@@H]1NC(=O)C1CCC(O)CC1. The fourth-order valence-corrected chi connectivity index (χ4v) is 3.86. The Morgan fingerprint density at radius 2 is 1.96 bits per heavy atom. The third-order valence-corrected chi connectivity index (χ3v) is 5.34. The van der Waals surface area contributed by atoms with Gasteiger partial charge >= 0.3 is 0 Å². The molecule has 1 saturated carbocycles. The van der Waals surface area contributed by atoms with E-state index in [1.807, 2.05) is 25.6 Å². The molecule has 1 aliphatic heterocycles. The van der Waals surface area contributed by atoms with Crippen LogP contribution in [0.4, 0.5) is 0 Å². The van der Waals surface area contributed by atoms with E-state index in [0.717, 1.165) is 49.1 Å². The van der Waals surface area contributed by atoms with Crippen LogP contribution in [0.15, 0.2) is 0 Å². The lowest BCUT2D eigenvalue weighted by atomic mass is 9.86. The van der Waals surface area contributed by atoms with Gasteiger partial charge in [-0.1, -0.05) is 0 Å². The van der Waals surface area contributed by atoms with Gasteiger partial charge in [-0.05, 0) is 46.0 Å². The molecule has 1 saturated heterocycles. The second-order valence-electron chi connectivity index (χ2n) is 6.91. The summed E-state index contributed by atoms with van der Waals surface area (Å²) in [6, 6.07) is 0.0101. The van der Waals surface area contributed by atoms with Gasteiger partial charge < -0.3 is 15.2 Å². The largest absolute Gasteiger partial charge is 0.393 e. The predicted octanol–water partition coefficient (Wildman–Crippen LogP) is 1.53. The van der Waals surface area contributed by atoms with Crippen LogP contribution < -0.4 is 5.32 Å². The molecule has 0 radical (unpaired) electrons. The zero-order chi connectivity index (χ0) is 16.6. The molecule has 0 bridgehead atoms. The van der Waals surface area contributed by atoms with E-state index in [1.54, 1.807) is 0 Å². The summed E-state index contributed by atoms with van der Waals surface area (Å²) < 4.78 is 7.79. The van der Waals surface area contributed by atoms with Crippen molar-refractivity contribution in [3.63, 3.8) is 0 Å². The molecule has 6 nitrogen and oxygen atoms in total. The van der Waals surface area contributed by atoms with Gasteiger partial charge in [-0.3, -0.25) is 9.48 Å². The molecule has 1 aromatic heterocycles. The zero-order valence-electron chi connectivity index (χ0n) is 14.2. The van der Waals surface area contributed by atoms with Crippen molar-refractivity contribution < 1.29 is 14.6 Å². The Bertz CT molecular complexity index is 576. The highest BCUT2D eigenvalue weighted by molar-refractivity contribution is 5.79. The van der Waals surface area contributed by atoms with Gasteiger partial charge in [-0.2, -0.15) is 5.10 Å². The summed E-state index contributed by atoms with van der Waals surface area (Å²) in [5.41, 5.74) is 3.17. The van der Waals surface area contributed by atoms with Crippen molar-refractivity contribution >= 4 is 5.91 Å². The van der Waals surface area contributed by atoms with Crippen molar-refractivity contribution in [1.29, 1.82) is 0 Å². The second-order valence-corrected chi connectivity index (χ2v) is 6.91. The van der Waals surface area contributed by atoms with Crippen molar-refractivity contribution in [2.24, 2.45) is 13.0 Å². The predicted molar refractivity (Wildman–Crippen MR) is 85.9 cm³/mol. The lowest BCUT2D eigenvalue weighted by molar-refractivity contribution is -0.127. The molecule has 1 aromatic rings. The number of aromatic nitrogens is 2. The number of carbonyl (C=O) groups excluding carboxylic acids is 1. The van der Waals surface area contributed by atoms with E-state index < -0.39 is 0 Å².